The molecule has 2 aliphatic carbocycles. The molecule has 1 saturated heterocycles. The molecule has 26 heavy (non-hydrogen) atoms. The van der Waals surface area contributed by atoms with Gasteiger partial charge in [0.25, 0.3) is 0 Å². The van der Waals surface area contributed by atoms with Gasteiger partial charge in [0.1, 0.15) is 16.7 Å². The second-order valence-corrected chi connectivity index (χ2v) is 10.4. The Balaban J connectivity index is 1.63. The molecule has 1 aromatic heterocycles. The number of pyridine rings is 1. The number of aromatic nitrogens is 1. The van der Waals surface area contributed by atoms with E-state index in [2.05, 4.69) is 4.98 Å². The fraction of sp³-hybridized carbons (Fsp3) is 0.700. The van der Waals surface area contributed by atoms with E-state index in [0.29, 0.717) is 37.0 Å². The zero-order valence-corrected chi connectivity index (χ0v) is 16.0. The van der Waals surface area contributed by atoms with Gasteiger partial charge in [-0.3, -0.25) is 4.79 Å². The number of ether oxygens (including phenoxy) is 1. The van der Waals surface area contributed by atoms with E-state index in [1.54, 1.807) is 6.20 Å². The van der Waals surface area contributed by atoms with Crippen molar-refractivity contribution < 1.29 is 17.9 Å². The van der Waals surface area contributed by atoms with Gasteiger partial charge in [0.15, 0.2) is 9.84 Å². The van der Waals surface area contributed by atoms with Crippen molar-refractivity contribution in [3.05, 3.63) is 23.5 Å². The van der Waals surface area contributed by atoms with E-state index in [4.69, 9.17) is 4.74 Å². The Hall–Kier alpha value is -1.43. The molecule has 0 bridgehead atoms. The molecular formula is C20H27NO4S. The van der Waals surface area contributed by atoms with Gasteiger partial charge < -0.3 is 4.74 Å². The van der Waals surface area contributed by atoms with Crippen LogP contribution in [-0.2, 0) is 9.84 Å². The van der Waals surface area contributed by atoms with Gasteiger partial charge in [-0.05, 0) is 62.0 Å². The quantitative estimate of drug-likeness (QED) is 0.707. The number of Topliss-reactive ketones (excluding diaryl/α,β-unsaturated/α-hetero) is 1. The summed E-state index contributed by atoms with van der Waals surface area (Å²) in [5.74, 6) is 1.25. The van der Waals surface area contributed by atoms with Crippen molar-refractivity contribution in [1.29, 1.82) is 0 Å². The Labute approximate surface area is 155 Å². The van der Waals surface area contributed by atoms with Crippen molar-refractivity contribution in [2.45, 2.75) is 69.0 Å². The lowest BCUT2D eigenvalue weighted by molar-refractivity contribution is 0.0972. The van der Waals surface area contributed by atoms with Crippen LogP contribution in [0.4, 0.5) is 0 Å². The number of carbonyl (C=O) groups is 1. The first-order valence-electron chi connectivity index (χ1n) is 9.93. The molecule has 2 saturated carbocycles. The molecule has 0 N–H and O–H groups in total. The minimum atomic E-state index is -3.38. The van der Waals surface area contributed by atoms with E-state index >= 15 is 0 Å². The highest BCUT2D eigenvalue weighted by molar-refractivity contribution is 7.92. The highest BCUT2D eigenvalue weighted by Crippen LogP contribution is 2.37. The van der Waals surface area contributed by atoms with E-state index in [1.807, 2.05) is 6.07 Å². The first-order chi connectivity index (χ1) is 12.5. The van der Waals surface area contributed by atoms with E-state index in [-0.39, 0.29) is 17.2 Å². The molecule has 0 amide bonds. The lowest BCUT2D eigenvalue weighted by atomic mass is 9.98. The third-order valence-electron chi connectivity index (χ3n) is 5.98. The van der Waals surface area contributed by atoms with Gasteiger partial charge >= 0.3 is 0 Å². The molecule has 0 spiro atoms. The average molecular weight is 378 g/mol. The monoisotopic (exact) mass is 377 g/mol. The Bertz CT molecular complexity index is 779. The van der Waals surface area contributed by atoms with Crippen LogP contribution < -0.4 is 4.74 Å². The molecule has 3 aliphatic rings. The number of carbonyl (C=O) groups excluding carboxylic acids is 1. The molecule has 1 aliphatic heterocycles. The molecule has 142 valence electrons. The molecule has 4 rings (SSSR count). The summed E-state index contributed by atoms with van der Waals surface area (Å²) < 4.78 is 30.7. The van der Waals surface area contributed by atoms with Crippen molar-refractivity contribution in [2.24, 2.45) is 5.92 Å². The van der Waals surface area contributed by atoms with Crippen LogP contribution in [-0.4, -0.2) is 36.8 Å². The van der Waals surface area contributed by atoms with Gasteiger partial charge in [0.2, 0.25) is 5.78 Å². The number of ketones is 1. The summed E-state index contributed by atoms with van der Waals surface area (Å²) in [6.45, 7) is 0.591. The van der Waals surface area contributed by atoms with E-state index in [9.17, 15) is 13.2 Å². The molecule has 1 aromatic rings. The fourth-order valence-electron chi connectivity index (χ4n) is 4.13. The average Bonchev–Trinajstić information content (AvgIpc) is 3.30. The van der Waals surface area contributed by atoms with E-state index < -0.39 is 15.1 Å². The maximum Gasteiger partial charge on any atom is 0.203 e. The minimum absolute atomic E-state index is 0.0990. The van der Waals surface area contributed by atoms with Crippen molar-refractivity contribution >= 4 is 15.6 Å². The molecule has 1 unspecified atom stereocenters. The number of nitrogens with zero attached hydrogens (tertiary/aromatic N) is 1. The molecule has 2 heterocycles. The SMILES string of the molecule is O=C(c1ncc(C2CCCC2)cc1OCC1CC1)C1CCCCS1(=O)=O. The van der Waals surface area contributed by atoms with Crippen molar-refractivity contribution in [1.82, 2.24) is 4.98 Å². The molecule has 0 radical (unpaired) electrons. The predicted molar refractivity (Wildman–Crippen MR) is 99.4 cm³/mol. The number of hydrogen-bond acceptors (Lipinski definition) is 5. The van der Waals surface area contributed by atoms with Crippen LogP contribution in [0.2, 0.25) is 0 Å². The van der Waals surface area contributed by atoms with Gasteiger partial charge in [0.05, 0.1) is 12.4 Å². The number of rotatable bonds is 6. The van der Waals surface area contributed by atoms with Crippen LogP contribution in [0, 0.1) is 5.92 Å². The smallest absolute Gasteiger partial charge is 0.203 e. The first kappa shape index (κ1) is 18.0. The minimum Gasteiger partial charge on any atom is -0.491 e. The Kier molecular flexibility index (Phi) is 5.04. The Morgan fingerprint density at radius 3 is 2.50 bits per heavy atom. The van der Waals surface area contributed by atoms with Gasteiger partial charge in [-0.1, -0.05) is 19.3 Å². The van der Waals surface area contributed by atoms with Crippen LogP contribution in [0.3, 0.4) is 0 Å². The van der Waals surface area contributed by atoms with Crippen molar-refractivity contribution in [3.8, 4) is 5.75 Å². The topological polar surface area (TPSA) is 73.3 Å². The number of hydrogen-bond donors (Lipinski definition) is 0. The third-order valence-corrected chi connectivity index (χ3v) is 8.15. The van der Waals surface area contributed by atoms with Crippen LogP contribution in [0.1, 0.15) is 79.8 Å². The summed E-state index contributed by atoms with van der Waals surface area (Å²) in [5, 5.41) is -0.954. The zero-order chi connectivity index (χ0) is 18.1. The first-order valence-corrected chi connectivity index (χ1v) is 11.6. The summed E-state index contributed by atoms with van der Waals surface area (Å²) in [7, 11) is -3.38. The maximum absolute atomic E-state index is 13.0. The predicted octanol–water partition coefficient (Wildman–Crippen LogP) is 3.68. The van der Waals surface area contributed by atoms with Crippen molar-refractivity contribution in [3.63, 3.8) is 0 Å². The second-order valence-electron chi connectivity index (χ2n) is 8.07. The molecule has 1 atom stereocenters. The van der Waals surface area contributed by atoms with Gasteiger partial charge in [-0.2, -0.15) is 0 Å². The summed E-state index contributed by atoms with van der Waals surface area (Å²) in [5.41, 5.74) is 1.33. The lowest BCUT2D eigenvalue weighted by Crippen LogP contribution is -2.36. The summed E-state index contributed by atoms with van der Waals surface area (Å²) in [6, 6.07) is 1.95. The zero-order valence-electron chi connectivity index (χ0n) is 15.2. The standard InChI is InChI=1S/C20H27NO4S/c22-20(18-7-3-4-10-26(18,23)24)19-17(25-13-14-8-9-14)11-16(12-21-19)15-5-1-2-6-15/h11-12,14-15,18H,1-10,13H2. The van der Waals surface area contributed by atoms with Gasteiger partial charge in [-0.15, -0.1) is 0 Å². The molecule has 6 heteroatoms. The lowest BCUT2D eigenvalue weighted by Gasteiger charge is -2.22. The third kappa shape index (κ3) is 3.80. The van der Waals surface area contributed by atoms with Gasteiger partial charge in [0, 0.05) is 6.20 Å². The summed E-state index contributed by atoms with van der Waals surface area (Å²) >= 11 is 0. The van der Waals surface area contributed by atoms with Crippen LogP contribution in [0.15, 0.2) is 12.3 Å². The van der Waals surface area contributed by atoms with E-state index in [0.717, 1.165) is 37.7 Å². The largest absolute Gasteiger partial charge is 0.491 e. The summed E-state index contributed by atoms with van der Waals surface area (Å²) in [4.78, 5) is 17.4. The molecule has 0 aromatic carbocycles. The van der Waals surface area contributed by atoms with Gasteiger partial charge in [-0.25, -0.2) is 13.4 Å². The highest BCUT2D eigenvalue weighted by atomic mass is 32.2. The second kappa shape index (κ2) is 7.29. The Morgan fingerprint density at radius 1 is 1.08 bits per heavy atom. The normalized spacial score (nSPS) is 25.9. The van der Waals surface area contributed by atoms with Crippen LogP contribution in [0.5, 0.6) is 5.75 Å². The van der Waals surface area contributed by atoms with E-state index in [1.165, 1.54) is 12.8 Å². The van der Waals surface area contributed by atoms with Crippen LogP contribution in [0.25, 0.3) is 0 Å². The molecule has 3 fully saturated rings. The summed E-state index contributed by atoms with van der Waals surface area (Å²) in [6.07, 6.45) is 10.7. The van der Waals surface area contributed by atoms with Crippen molar-refractivity contribution in [2.75, 3.05) is 12.4 Å². The Morgan fingerprint density at radius 2 is 1.81 bits per heavy atom. The van der Waals surface area contributed by atoms with Crippen LogP contribution >= 0.6 is 0 Å². The molecular weight excluding hydrogens is 350 g/mol. The highest BCUT2D eigenvalue weighted by Gasteiger charge is 2.37. The molecule has 5 nitrogen and oxygen atoms in total. The fourth-order valence-corrected chi connectivity index (χ4v) is 5.99. The maximum atomic E-state index is 13.0. The number of sulfone groups is 1.